The van der Waals surface area contributed by atoms with E-state index in [1.165, 1.54) is 5.56 Å². The second-order valence-corrected chi connectivity index (χ2v) is 7.59. The molecule has 6 nitrogen and oxygen atoms in total. The van der Waals surface area contributed by atoms with E-state index in [-0.39, 0.29) is 11.8 Å². The van der Waals surface area contributed by atoms with E-state index < -0.39 is 0 Å². The second kappa shape index (κ2) is 9.75. The Bertz CT molecular complexity index is 1190. The lowest BCUT2D eigenvalue weighted by Crippen LogP contribution is -2.26. The first-order valence-corrected chi connectivity index (χ1v) is 10.4. The molecular formula is C26H24N4O2. The van der Waals surface area contributed by atoms with Crippen molar-refractivity contribution < 1.29 is 9.59 Å². The van der Waals surface area contributed by atoms with E-state index >= 15 is 0 Å². The molecule has 1 N–H and O–H groups in total. The van der Waals surface area contributed by atoms with Gasteiger partial charge in [-0.15, -0.1) is 0 Å². The molecule has 0 aliphatic rings. The zero-order valence-corrected chi connectivity index (χ0v) is 17.8. The van der Waals surface area contributed by atoms with E-state index in [1.54, 1.807) is 54.5 Å². The van der Waals surface area contributed by atoms with Gasteiger partial charge in [0.1, 0.15) is 0 Å². The standard InChI is InChI=1S/C26H24N4O2/c1-29(17-21-16-27-30(19-21)18-20-8-4-2-5-9-20)26(32)23-12-14-24(15-13-23)28-25(31)22-10-6-3-7-11-22/h2-16,19H,17-18H2,1H3,(H,28,31). The number of nitrogens with zero attached hydrogens (tertiary/aromatic N) is 3. The Morgan fingerprint density at radius 2 is 1.50 bits per heavy atom. The lowest BCUT2D eigenvalue weighted by molar-refractivity contribution is 0.0785. The normalized spacial score (nSPS) is 10.5. The van der Waals surface area contributed by atoms with Gasteiger partial charge in [-0.1, -0.05) is 48.5 Å². The van der Waals surface area contributed by atoms with Crippen molar-refractivity contribution in [1.29, 1.82) is 0 Å². The molecule has 0 saturated carbocycles. The van der Waals surface area contributed by atoms with Crippen LogP contribution in [0.1, 0.15) is 31.8 Å². The molecule has 32 heavy (non-hydrogen) atoms. The van der Waals surface area contributed by atoms with Crippen molar-refractivity contribution in [1.82, 2.24) is 14.7 Å². The van der Waals surface area contributed by atoms with Gasteiger partial charge in [0.15, 0.2) is 0 Å². The zero-order chi connectivity index (χ0) is 22.3. The molecule has 0 atom stereocenters. The van der Waals surface area contributed by atoms with Crippen LogP contribution < -0.4 is 5.32 Å². The summed E-state index contributed by atoms with van der Waals surface area (Å²) in [6.45, 7) is 1.15. The molecule has 6 heteroatoms. The van der Waals surface area contributed by atoms with Crippen LogP contribution in [0, 0.1) is 0 Å². The molecule has 0 saturated heterocycles. The molecule has 0 fully saturated rings. The smallest absolute Gasteiger partial charge is 0.255 e. The number of aromatic nitrogens is 2. The summed E-state index contributed by atoms with van der Waals surface area (Å²) in [7, 11) is 1.77. The van der Waals surface area contributed by atoms with Crippen LogP contribution in [0.25, 0.3) is 0 Å². The maximum atomic E-state index is 12.8. The number of carbonyl (C=O) groups is 2. The van der Waals surface area contributed by atoms with Gasteiger partial charge in [0.25, 0.3) is 11.8 Å². The first-order valence-electron chi connectivity index (χ1n) is 10.4. The summed E-state index contributed by atoms with van der Waals surface area (Å²) in [5.74, 6) is -0.281. The Morgan fingerprint density at radius 3 is 2.19 bits per heavy atom. The predicted molar refractivity (Wildman–Crippen MR) is 124 cm³/mol. The number of carbonyl (C=O) groups excluding carboxylic acids is 2. The summed E-state index contributed by atoms with van der Waals surface area (Å²) < 4.78 is 1.87. The third-order valence-corrected chi connectivity index (χ3v) is 5.07. The number of hydrogen-bond donors (Lipinski definition) is 1. The Morgan fingerprint density at radius 1 is 0.844 bits per heavy atom. The van der Waals surface area contributed by atoms with Crippen LogP contribution in [0.3, 0.4) is 0 Å². The number of hydrogen-bond acceptors (Lipinski definition) is 3. The average Bonchev–Trinajstić information content (AvgIpc) is 3.26. The molecule has 0 aliphatic carbocycles. The fraction of sp³-hybridized carbons (Fsp3) is 0.115. The highest BCUT2D eigenvalue weighted by atomic mass is 16.2. The highest BCUT2D eigenvalue weighted by Gasteiger charge is 2.14. The van der Waals surface area contributed by atoms with Crippen LogP contribution >= 0.6 is 0 Å². The summed E-state index contributed by atoms with van der Waals surface area (Å²) in [4.78, 5) is 26.7. The molecule has 0 bridgehead atoms. The average molecular weight is 425 g/mol. The quantitative estimate of drug-likeness (QED) is 0.476. The Hall–Kier alpha value is -4.19. The van der Waals surface area contributed by atoms with Crippen molar-refractivity contribution in [2.24, 2.45) is 0 Å². The molecule has 1 aromatic heterocycles. The van der Waals surface area contributed by atoms with Gasteiger partial charge in [-0.05, 0) is 42.0 Å². The van der Waals surface area contributed by atoms with Crippen LogP contribution in [-0.2, 0) is 13.1 Å². The van der Waals surface area contributed by atoms with Crippen LogP contribution in [-0.4, -0.2) is 33.5 Å². The monoisotopic (exact) mass is 424 g/mol. The SMILES string of the molecule is CN(Cc1cnn(Cc2ccccc2)c1)C(=O)c1ccc(NC(=O)c2ccccc2)cc1. The molecule has 3 aromatic carbocycles. The molecule has 160 valence electrons. The van der Waals surface area contributed by atoms with Gasteiger partial charge in [-0.2, -0.15) is 5.10 Å². The highest BCUT2D eigenvalue weighted by molar-refractivity contribution is 6.04. The lowest BCUT2D eigenvalue weighted by Gasteiger charge is -2.16. The van der Waals surface area contributed by atoms with Gasteiger partial charge < -0.3 is 10.2 Å². The van der Waals surface area contributed by atoms with Crippen LogP contribution in [0.5, 0.6) is 0 Å². The van der Waals surface area contributed by atoms with Crippen LogP contribution in [0.4, 0.5) is 5.69 Å². The van der Waals surface area contributed by atoms with Gasteiger partial charge in [0, 0.05) is 42.2 Å². The maximum absolute atomic E-state index is 12.8. The number of benzene rings is 3. The molecule has 2 amide bonds. The Labute approximate surface area is 187 Å². The molecule has 0 spiro atoms. The van der Waals surface area contributed by atoms with Gasteiger partial charge in [0.05, 0.1) is 12.7 Å². The first kappa shape index (κ1) is 21.1. The van der Waals surface area contributed by atoms with Crippen LogP contribution in [0.2, 0.25) is 0 Å². The zero-order valence-electron chi connectivity index (χ0n) is 17.8. The second-order valence-electron chi connectivity index (χ2n) is 7.59. The summed E-state index contributed by atoms with van der Waals surface area (Å²) in [5, 5.41) is 7.24. The summed E-state index contributed by atoms with van der Waals surface area (Å²) >= 11 is 0. The molecular weight excluding hydrogens is 400 g/mol. The molecule has 0 unspecified atom stereocenters. The third kappa shape index (κ3) is 5.29. The largest absolute Gasteiger partial charge is 0.337 e. The molecule has 0 radical (unpaired) electrons. The number of rotatable bonds is 7. The van der Waals surface area contributed by atoms with E-state index in [9.17, 15) is 9.59 Å². The van der Waals surface area contributed by atoms with Crippen LogP contribution in [0.15, 0.2) is 97.3 Å². The number of nitrogens with one attached hydrogen (secondary N) is 1. The Balaban J connectivity index is 1.34. The number of anilines is 1. The lowest BCUT2D eigenvalue weighted by atomic mass is 10.1. The van der Waals surface area contributed by atoms with E-state index in [0.717, 1.165) is 5.56 Å². The molecule has 0 aliphatic heterocycles. The van der Waals surface area contributed by atoms with Crippen molar-refractivity contribution in [3.63, 3.8) is 0 Å². The summed E-state index contributed by atoms with van der Waals surface area (Å²) in [6, 6.07) is 26.0. The van der Waals surface area contributed by atoms with E-state index in [2.05, 4.69) is 22.5 Å². The van der Waals surface area contributed by atoms with Gasteiger partial charge in [-0.25, -0.2) is 0 Å². The third-order valence-electron chi connectivity index (χ3n) is 5.07. The van der Waals surface area contributed by atoms with Crippen molar-refractivity contribution >= 4 is 17.5 Å². The van der Waals surface area contributed by atoms with Crippen molar-refractivity contribution in [2.75, 3.05) is 12.4 Å². The topological polar surface area (TPSA) is 67.2 Å². The number of amides is 2. The summed E-state index contributed by atoms with van der Waals surface area (Å²) in [5.41, 5.74) is 3.91. The minimum atomic E-state index is -0.186. The fourth-order valence-electron chi connectivity index (χ4n) is 3.40. The molecule has 1 heterocycles. The van der Waals surface area contributed by atoms with E-state index in [4.69, 9.17) is 0 Å². The predicted octanol–water partition coefficient (Wildman–Crippen LogP) is 4.46. The minimum Gasteiger partial charge on any atom is -0.337 e. The van der Waals surface area contributed by atoms with Crippen molar-refractivity contribution in [2.45, 2.75) is 13.1 Å². The van der Waals surface area contributed by atoms with E-state index in [1.807, 2.05) is 47.3 Å². The minimum absolute atomic E-state index is 0.0956. The van der Waals surface area contributed by atoms with Gasteiger partial charge >= 0.3 is 0 Å². The molecule has 4 rings (SSSR count). The first-order chi connectivity index (χ1) is 15.6. The highest BCUT2D eigenvalue weighted by Crippen LogP contribution is 2.14. The van der Waals surface area contributed by atoms with Gasteiger partial charge in [0.2, 0.25) is 0 Å². The van der Waals surface area contributed by atoms with Gasteiger partial charge in [-0.3, -0.25) is 14.3 Å². The summed E-state index contributed by atoms with van der Waals surface area (Å²) in [6.07, 6.45) is 3.74. The Kier molecular flexibility index (Phi) is 6.41. The van der Waals surface area contributed by atoms with Crippen molar-refractivity contribution in [3.05, 3.63) is 120 Å². The van der Waals surface area contributed by atoms with Crippen molar-refractivity contribution in [3.8, 4) is 0 Å². The molecule has 4 aromatic rings. The fourth-order valence-corrected chi connectivity index (χ4v) is 3.40. The van der Waals surface area contributed by atoms with E-state index in [0.29, 0.717) is 29.9 Å². The maximum Gasteiger partial charge on any atom is 0.255 e.